The molecule has 0 saturated heterocycles. The van der Waals surface area contributed by atoms with Gasteiger partial charge in [-0.05, 0) is 11.1 Å². The maximum Gasteiger partial charge on any atom is 0.0949 e. The molecule has 0 amide bonds. The Morgan fingerprint density at radius 1 is 0.750 bits per heavy atom. The molecule has 0 radical (unpaired) electrons. The van der Waals surface area contributed by atoms with Gasteiger partial charge < -0.3 is 20.1 Å². The monoisotopic (exact) mass is 274 g/mol. The van der Waals surface area contributed by atoms with Crippen molar-refractivity contribution in [1.29, 1.82) is 0 Å². The van der Waals surface area contributed by atoms with Crippen molar-refractivity contribution in [1.82, 2.24) is 19.1 Å². The molecule has 6 heteroatoms. The third-order valence-electron chi connectivity index (χ3n) is 2.94. The first-order chi connectivity index (χ1) is 8.92. The largest absolute Gasteiger partial charge is 0.412 e. The summed E-state index contributed by atoms with van der Waals surface area (Å²) in [5.41, 5.74) is 2.62. The van der Waals surface area contributed by atoms with Crippen molar-refractivity contribution in [2.45, 2.75) is 13.1 Å². The Bertz CT molecular complexity index is 551. The van der Waals surface area contributed by atoms with Gasteiger partial charge in [0.15, 0.2) is 0 Å². The van der Waals surface area contributed by atoms with Crippen molar-refractivity contribution >= 4 is 0 Å². The second-order valence-electron chi connectivity index (χ2n) is 4.24. The van der Waals surface area contributed by atoms with Crippen LogP contribution in [0.2, 0.25) is 0 Å². The van der Waals surface area contributed by atoms with E-state index >= 15 is 0 Å². The molecule has 2 heterocycles. The summed E-state index contributed by atoms with van der Waals surface area (Å²) in [6, 6.07) is 8.46. The normalized spacial score (nSPS) is 9.60. The Balaban J connectivity index is 0.000001000. The first-order valence-corrected chi connectivity index (χ1v) is 5.90. The van der Waals surface area contributed by atoms with Gasteiger partial charge in [-0.1, -0.05) is 24.3 Å². The van der Waals surface area contributed by atoms with Crippen molar-refractivity contribution in [3.63, 3.8) is 0 Å². The highest BCUT2D eigenvalue weighted by molar-refractivity contribution is 5.27. The molecule has 0 aliphatic rings. The molecule has 106 valence electrons. The number of benzene rings is 1. The van der Waals surface area contributed by atoms with Gasteiger partial charge in [0.25, 0.3) is 0 Å². The molecule has 20 heavy (non-hydrogen) atoms. The Labute approximate surface area is 117 Å². The highest BCUT2D eigenvalue weighted by Gasteiger charge is 2.03. The van der Waals surface area contributed by atoms with E-state index in [0.29, 0.717) is 0 Å². The fraction of sp³-hybridized carbons (Fsp3) is 0.143. The summed E-state index contributed by atoms with van der Waals surface area (Å²) in [7, 11) is 0. The van der Waals surface area contributed by atoms with Crippen LogP contribution in [-0.2, 0) is 13.1 Å². The molecule has 0 saturated carbocycles. The number of rotatable bonds is 4. The third kappa shape index (κ3) is 3.53. The number of aromatic nitrogens is 4. The van der Waals surface area contributed by atoms with E-state index in [1.165, 1.54) is 11.1 Å². The average molecular weight is 274 g/mol. The lowest BCUT2D eigenvalue weighted by molar-refractivity contribution is 0.749. The smallest absolute Gasteiger partial charge is 0.0949 e. The molecule has 1 aromatic carbocycles. The minimum atomic E-state index is 0. The first kappa shape index (κ1) is 15.6. The minimum Gasteiger partial charge on any atom is -0.412 e. The summed E-state index contributed by atoms with van der Waals surface area (Å²) in [4.78, 5) is 8.14. The molecule has 0 atom stereocenters. The lowest BCUT2D eigenvalue weighted by Crippen LogP contribution is -2.04. The van der Waals surface area contributed by atoms with Gasteiger partial charge in [0.1, 0.15) is 0 Å². The van der Waals surface area contributed by atoms with E-state index in [1.807, 2.05) is 25.0 Å². The predicted octanol–water partition coefficient (Wildman–Crippen LogP) is 0.527. The van der Waals surface area contributed by atoms with Gasteiger partial charge in [0.05, 0.1) is 12.7 Å². The Morgan fingerprint density at radius 2 is 1.20 bits per heavy atom. The van der Waals surface area contributed by atoms with E-state index in [2.05, 4.69) is 43.4 Å². The minimum absolute atomic E-state index is 0. The highest BCUT2D eigenvalue weighted by Crippen LogP contribution is 2.12. The second-order valence-corrected chi connectivity index (χ2v) is 4.24. The summed E-state index contributed by atoms with van der Waals surface area (Å²) in [6.45, 7) is 1.70. The lowest BCUT2D eigenvalue weighted by Gasteiger charge is -2.10. The molecule has 4 N–H and O–H groups in total. The van der Waals surface area contributed by atoms with Crippen LogP contribution in [0.4, 0.5) is 0 Å². The van der Waals surface area contributed by atoms with Crippen LogP contribution in [0, 0.1) is 0 Å². The van der Waals surface area contributed by atoms with Gasteiger partial charge >= 0.3 is 0 Å². The van der Waals surface area contributed by atoms with E-state index in [1.54, 1.807) is 12.4 Å². The molecular formula is C14H18N4O2. The lowest BCUT2D eigenvalue weighted by atomic mass is 10.1. The maximum atomic E-state index is 4.07. The van der Waals surface area contributed by atoms with Crippen molar-refractivity contribution in [3.05, 3.63) is 72.8 Å². The second kappa shape index (κ2) is 7.22. The molecular weight excluding hydrogens is 256 g/mol. The van der Waals surface area contributed by atoms with Crippen molar-refractivity contribution in [2.75, 3.05) is 0 Å². The molecule has 0 aliphatic carbocycles. The average Bonchev–Trinajstić information content (AvgIpc) is 3.05. The number of imidazole rings is 2. The van der Waals surface area contributed by atoms with Gasteiger partial charge in [-0.25, -0.2) is 9.97 Å². The van der Waals surface area contributed by atoms with Crippen LogP contribution in [0.1, 0.15) is 11.1 Å². The van der Waals surface area contributed by atoms with Crippen molar-refractivity contribution < 1.29 is 11.0 Å². The fourth-order valence-corrected chi connectivity index (χ4v) is 2.02. The zero-order valence-corrected chi connectivity index (χ0v) is 11.0. The van der Waals surface area contributed by atoms with Crippen LogP contribution in [-0.4, -0.2) is 30.1 Å². The van der Waals surface area contributed by atoms with Gasteiger partial charge in [0, 0.05) is 37.9 Å². The standard InChI is InChI=1S/C14H14N4.2H2O/c1-2-4-14(10-18-8-6-16-12-18)13(3-1)9-17-7-5-15-11-17;;/h1-8,11-12H,9-10H2;2*1H2. The predicted molar refractivity (Wildman–Crippen MR) is 76.3 cm³/mol. The summed E-state index contributed by atoms with van der Waals surface area (Å²) in [5.74, 6) is 0. The molecule has 3 aromatic rings. The van der Waals surface area contributed by atoms with E-state index in [0.717, 1.165) is 13.1 Å². The van der Waals surface area contributed by atoms with Crippen LogP contribution in [0.5, 0.6) is 0 Å². The summed E-state index contributed by atoms with van der Waals surface area (Å²) >= 11 is 0. The van der Waals surface area contributed by atoms with Gasteiger partial charge in [0.2, 0.25) is 0 Å². The fourth-order valence-electron chi connectivity index (χ4n) is 2.02. The summed E-state index contributed by atoms with van der Waals surface area (Å²) < 4.78 is 4.15. The molecule has 0 unspecified atom stereocenters. The molecule has 3 rings (SSSR count). The molecule has 0 spiro atoms. The van der Waals surface area contributed by atoms with Crippen molar-refractivity contribution in [3.8, 4) is 0 Å². The third-order valence-corrected chi connectivity index (χ3v) is 2.94. The highest BCUT2D eigenvalue weighted by atomic mass is 16.0. The van der Waals surface area contributed by atoms with Gasteiger partial charge in [-0.3, -0.25) is 0 Å². The van der Waals surface area contributed by atoms with E-state index < -0.39 is 0 Å². The zero-order chi connectivity index (χ0) is 12.2. The summed E-state index contributed by atoms with van der Waals surface area (Å²) in [5, 5.41) is 0. The molecule has 6 nitrogen and oxygen atoms in total. The van der Waals surface area contributed by atoms with E-state index in [-0.39, 0.29) is 11.0 Å². The Kier molecular flexibility index (Phi) is 5.64. The van der Waals surface area contributed by atoms with E-state index in [9.17, 15) is 0 Å². The summed E-state index contributed by atoms with van der Waals surface area (Å²) in [6.07, 6.45) is 11.3. The quantitative estimate of drug-likeness (QED) is 0.693. The SMILES string of the molecule is O.O.c1ccc(Cn2ccnc2)c(Cn2ccnc2)c1. The van der Waals surface area contributed by atoms with Crippen LogP contribution >= 0.6 is 0 Å². The molecule has 0 fully saturated rings. The zero-order valence-electron chi connectivity index (χ0n) is 11.0. The molecule has 0 aliphatic heterocycles. The first-order valence-electron chi connectivity index (χ1n) is 5.90. The maximum absolute atomic E-state index is 4.07. The van der Waals surface area contributed by atoms with Crippen LogP contribution in [0.3, 0.4) is 0 Å². The van der Waals surface area contributed by atoms with Crippen LogP contribution in [0.15, 0.2) is 61.7 Å². The van der Waals surface area contributed by atoms with Crippen LogP contribution < -0.4 is 0 Å². The Hall–Kier alpha value is -2.44. The van der Waals surface area contributed by atoms with Crippen molar-refractivity contribution in [2.24, 2.45) is 0 Å². The van der Waals surface area contributed by atoms with E-state index in [4.69, 9.17) is 0 Å². The number of nitrogens with zero attached hydrogens (tertiary/aromatic N) is 4. The van der Waals surface area contributed by atoms with Crippen LogP contribution in [0.25, 0.3) is 0 Å². The van der Waals surface area contributed by atoms with Gasteiger partial charge in [-0.2, -0.15) is 0 Å². The topological polar surface area (TPSA) is 98.6 Å². The number of hydrogen-bond acceptors (Lipinski definition) is 2. The molecule has 2 aromatic heterocycles. The van der Waals surface area contributed by atoms with Gasteiger partial charge in [-0.15, -0.1) is 0 Å². The Morgan fingerprint density at radius 3 is 1.55 bits per heavy atom. The number of hydrogen-bond donors (Lipinski definition) is 0. The molecule has 0 bridgehead atoms.